The number of nitrogens with zero attached hydrogens (tertiary/aromatic N) is 1. The Kier molecular flexibility index (Phi) is 5.93. The quantitative estimate of drug-likeness (QED) is 0.871. The van der Waals surface area contributed by atoms with Crippen molar-refractivity contribution in [1.82, 2.24) is 4.90 Å². The molecule has 1 aliphatic heterocycles. The minimum Gasteiger partial charge on any atom is -0.508 e. The summed E-state index contributed by atoms with van der Waals surface area (Å²) < 4.78 is 0. The van der Waals surface area contributed by atoms with Gasteiger partial charge in [-0.05, 0) is 44.1 Å². The Morgan fingerprint density at radius 2 is 2.11 bits per heavy atom. The van der Waals surface area contributed by atoms with Crippen LogP contribution in [0.5, 0.6) is 5.75 Å². The normalized spacial score (nSPS) is 22.9. The van der Waals surface area contributed by atoms with Crippen LogP contribution in [0.15, 0.2) is 24.3 Å². The monoisotopic (exact) mass is 292 g/mol. The highest BCUT2D eigenvalue weighted by atomic mass is 35.5. The van der Waals surface area contributed by atoms with Crippen molar-refractivity contribution in [3.63, 3.8) is 0 Å². The van der Waals surface area contributed by atoms with Gasteiger partial charge in [0.2, 0.25) is 5.91 Å². The molecule has 0 radical (unpaired) electrons. The minimum absolute atomic E-state index is 0. The molecule has 0 saturated carbocycles. The largest absolute Gasteiger partial charge is 0.508 e. The molecule has 0 bridgehead atoms. The molecule has 1 fully saturated rings. The second-order valence-electron chi connectivity index (χ2n) is 4.30. The first kappa shape index (κ1) is 17.0. The number of aromatic hydroxyl groups is 1. The lowest BCUT2D eigenvalue weighted by atomic mass is 9.86. The summed E-state index contributed by atoms with van der Waals surface area (Å²) in [6.45, 7) is 0.846. The van der Waals surface area contributed by atoms with Crippen molar-refractivity contribution in [2.45, 2.75) is 18.4 Å². The molecule has 1 saturated heterocycles. The smallest absolute Gasteiger partial charge is 0.242 e. The summed E-state index contributed by atoms with van der Waals surface area (Å²) in [5.74, 6) is -0.184. The third-order valence-electron chi connectivity index (χ3n) is 3.42. The highest BCUT2D eigenvalue weighted by Crippen LogP contribution is 2.38. The van der Waals surface area contributed by atoms with Gasteiger partial charge in [0.25, 0.3) is 0 Å². The number of primary amides is 1. The van der Waals surface area contributed by atoms with E-state index in [0.29, 0.717) is 6.42 Å². The zero-order valence-electron chi connectivity index (χ0n) is 10.1. The van der Waals surface area contributed by atoms with Crippen LogP contribution in [0.3, 0.4) is 0 Å². The van der Waals surface area contributed by atoms with E-state index < -0.39 is 5.54 Å². The first-order chi connectivity index (χ1) is 7.57. The first-order valence-corrected chi connectivity index (χ1v) is 5.38. The van der Waals surface area contributed by atoms with Crippen LogP contribution in [-0.4, -0.2) is 29.5 Å². The lowest BCUT2D eigenvalue weighted by molar-refractivity contribution is -0.128. The molecule has 6 heteroatoms. The van der Waals surface area contributed by atoms with Crippen LogP contribution in [0.25, 0.3) is 0 Å². The third-order valence-corrected chi connectivity index (χ3v) is 3.42. The number of hydrogen-bond donors (Lipinski definition) is 2. The van der Waals surface area contributed by atoms with Crippen molar-refractivity contribution in [3.05, 3.63) is 29.8 Å². The number of halogens is 2. The molecule has 3 N–H and O–H groups in total. The maximum atomic E-state index is 11.7. The van der Waals surface area contributed by atoms with Crippen LogP contribution < -0.4 is 5.73 Å². The number of hydrogen-bond acceptors (Lipinski definition) is 3. The van der Waals surface area contributed by atoms with Crippen molar-refractivity contribution >= 4 is 30.7 Å². The fraction of sp³-hybridized carbons (Fsp3) is 0.417. The van der Waals surface area contributed by atoms with Crippen LogP contribution in [0.4, 0.5) is 0 Å². The Morgan fingerprint density at radius 3 is 2.56 bits per heavy atom. The molecule has 1 aromatic carbocycles. The van der Waals surface area contributed by atoms with E-state index in [0.717, 1.165) is 18.5 Å². The second kappa shape index (κ2) is 6.27. The van der Waals surface area contributed by atoms with Gasteiger partial charge >= 0.3 is 0 Å². The lowest BCUT2D eigenvalue weighted by Crippen LogP contribution is -2.49. The number of carbonyl (C=O) groups is 1. The average Bonchev–Trinajstić information content (AvgIpc) is 2.61. The van der Waals surface area contributed by atoms with E-state index in [4.69, 9.17) is 5.73 Å². The Bertz CT molecular complexity index is 428. The zero-order valence-corrected chi connectivity index (χ0v) is 11.8. The number of rotatable bonds is 2. The van der Waals surface area contributed by atoms with Gasteiger partial charge in [0.05, 0.1) is 0 Å². The topological polar surface area (TPSA) is 66.6 Å². The third kappa shape index (κ3) is 2.55. The SMILES string of the molecule is CN1CCC[C@]1(C(N)=O)c1cccc(O)c1.Cl.Cl. The molecular formula is C12H18Cl2N2O2. The van der Waals surface area contributed by atoms with Crippen LogP contribution >= 0.6 is 24.8 Å². The number of amides is 1. The summed E-state index contributed by atoms with van der Waals surface area (Å²) >= 11 is 0. The maximum absolute atomic E-state index is 11.7. The van der Waals surface area contributed by atoms with Crippen molar-refractivity contribution in [1.29, 1.82) is 0 Å². The van der Waals surface area contributed by atoms with E-state index in [9.17, 15) is 9.90 Å². The number of carbonyl (C=O) groups excluding carboxylic acids is 1. The van der Waals surface area contributed by atoms with Gasteiger partial charge in [0, 0.05) is 0 Å². The van der Waals surface area contributed by atoms with Crippen molar-refractivity contribution in [2.75, 3.05) is 13.6 Å². The summed E-state index contributed by atoms with van der Waals surface area (Å²) in [5, 5.41) is 9.49. The fourth-order valence-corrected chi connectivity index (χ4v) is 2.54. The summed E-state index contributed by atoms with van der Waals surface area (Å²) in [6, 6.07) is 6.79. The molecule has 1 amide bonds. The van der Waals surface area contributed by atoms with Gasteiger partial charge in [-0.3, -0.25) is 9.69 Å². The zero-order chi connectivity index (χ0) is 11.8. The minimum atomic E-state index is -0.751. The molecule has 0 unspecified atom stereocenters. The Labute approximate surface area is 119 Å². The number of phenolic OH excluding ortho intramolecular Hbond substituents is 1. The highest BCUT2D eigenvalue weighted by molar-refractivity contribution is 5.86. The standard InChI is InChI=1S/C12H16N2O2.2ClH/c1-14-7-3-6-12(14,11(13)16)9-4-2-5-10(15)8-9;;/h2,4-5,8,15H,3,6-7H2,1H3,(H2,13,16);2*1H/t12-;;/m1../s1. The predicted octanol–water partition coefficient (Wildman–Crippen LogP) is 1.64. The Hall–Kier alpha value is -0.970. The summed E-state index contributed by atoms with van der Waals surface area (Å²) in [5.41, 5.74) is 5.57. The molecule has 1 atom stereocenters. The Morgan fingerprint density at radius 1 is 1.44 bits per heavy atom. The number of phenols is 1. The van der Waals surface area contributed by atoms with E-state index in [2.05, 4.69) is 0 Å². The van der Waals surface area contributed by atoms with E-state index in [1.807, 2.05) is 18.0 Å². The van der Waals surface area contributed by atoms with Gasteiger partial charge < -0.3 is 10.8 Å². The molecule has 102 valence electrons. The molecule has 1 heterocycles. The van der Waals surface area contributed by atoms with Crippen molar-refractivity contribution in [3.8, 4) is 5.75 Å². The van der Waals surface area contributed by atoms with Crippen LogP contribution in [0.2, 0.25) is 0 Å². The van der Waals surface area contributed by atoms with Crippen molar-refractivity contribution < 1.29 is 9.90 Å². The molecule has 0 aliphatic carbocycles. The highest BCUT2D eigenvalue weighted by Gasteiger charge is 2.45. The summed E-state index contributed by atoms with van der Waals surface area (Å²) in [7, 11) is 1.89. The van der Waals surface area contributed by atoms with Gasteiger partial charge in [-0.1, -0.05) is 12.1 Å². The lowest BCUT2D eigenvalue weighted by Gasteiger charge is -2.33. The van der Waals surface area contributed by atoms with Crippen LogP contribution in [-0.2, 0) is 10.3 Å². The number of benzene rings is 1. The van der Waals surface area contributed by atoms with Crippen LogP contribution in [0, 0.1) is 0 Å². The maximum Gasteiger partial charge on any atom is 0.242 e. The molecule has 2 rings (SSSR count). The van der Waals surface area contributed by atoms with Gasteiger partial charge in [0.15, 0.2) is 0 Å². The average molecular weight is 293 g/mol. The number of likely N-dealkylation sites (tertiary alicyclic amines) is 1. The molecule has 0 spiro atoms. The fourth-order valence-electron chi connectivity index (χ4n) is 2.54. The predicted molar refractivity (Wildman–Crippen MR) is 75.3 cm³/mol. The van der Waals surface area contributed by atoms with E-state index in [1.165, 1.54) is 0 Å². The van der Waals surface area contributed by atoms with E-state index in [-0.39, 0.29) is 36.5 Å². The number of likely N-dealkylation sites (N-methyl/N-ethyl adjacent to an activating group) is 1. The van der Waals surface area contributed by atoms with Gasteiger partial charge in [-0.2, -0.15) is 0 Å². The summed E-state index contributed by atoms with van der Waals surface area (Å²) in [4.78, 5) is 13.7. The van der Waals surface area contributed by atoms with E-state index >= 15 is 0 Å². The second-order valence-corrected chi connectivity index (χ2v) is 4.30. The number of nitrogens with two attached hydrogens (primary N) is 1. The summed E-state index contributed by atoms with van der Waals surface area (Å²) in [6.07, 6.45) is 1.65. The Balaban J connectivity index is 0.00000144. The first-order valence-electron chi connectivity index (χ1n) is 5.38. The molecule has 18 heavy (non-hydrogen) atoms. The molecule has 1 aromatic rings. The van der Waals surface area contributed by atoms with Crippen molar-refractivity contribution in [2.24, 2.45) is 5.73 Å². The van der Waals surface area contributed by atoms with Crippen LogP contribution in [0.1, 0.15) is 18.4 Å². The molecular weight excluding hydrogens is 275 g/mol. The van der Waals surface area contributed by atoms with Gasteiger partial charge in [-0.15, -0.1) is 24.8 Å². The van der Waals surface area contributed by atoms with Gasteiger partial charge in [-0.25, -0.2) is 0 Å². The molecule has 4 nitrogen and oxygen atoms in total. The molecule has 0 aromatic heterocycles. The van der Waals surface area contributed by atoms with Gasteiger partial charge in [0.1, 0.15) is 11.3 Å². The van der Waals surface area contributed by atoms with E-state index in [1.54, 1.807) is 18.2 Å². The molecule has 1 aliphatic rings.